The molecule has 2 heterocycles. The summed E-state index contributed by atoms with van der Waals surface area (Å²) >= 11 is 0. The van der Waals surface area contributed by atoms with Crippen LogP contribution in [0.1, 0.15) is 24.1 Å². The van der Waals surface area contributed by atoms with Crippen molar-refractivity contribution in [2.45, 2.75) is 18.8 Å². The van der Waals surface area contributed by atoms with E-state index in [1.807, 2.05) is 0 Å². The summed E-state index contributed by atoms with van der Waals surface area (Å²) in [5.74, 6) is 0.725. The average molecular weight is 212 g/mol. The highest BCUT2D eigenvalue weighted by Crippen LogP contribution is 2.22. The number of hydrogen-bond acceptors (Lipinski definition) is 6. The highest BCUT2D eigenvalue weighted by atomic mass is 16.5. The van der Waals surface area contributed by atoms with Crippen LogP contribution in [0.2, 0.25) is 0 Å². The first-order valence-corrected chi connectivity index (χ1v) is 4.76. The van der Waals surface area contributed by atoms with Crippen molar-refractivity contribution in [1.82, 2.24) is 10.1 Å². The van der Waals surface area contributed by atoms with Crippen molar-refractivity contribution in [1.29, 1.82) is 0 Å². The van der Waals surface area contributed by atoms with Crippen LogP contribution in [-0.2, 0) is 20.7 Å². The fraction of sp³-hybridized carbons (Fsp3) is 0.667. The van der Waals surface area contributed by atoms with Gasteiger partial charge >= 0.3 is 5.97 Å². The Kier molecular flexibility index (Phi) is 2.96. The van der Waals surface area contributed by atoms with E-state index in [1.165, 1.54) is 7.11 Å². The minimum absolute atomic E-state index is 0.0249. The second kappa shape index (κ2) is 4.39. The molecule has 0 aliphatic carbocycles. The monoisotopic (exact) mass is 212 g/mol. The number of nitrogens with zero attached hydrogens (tertiary/aromatic N) is 2. The van der Waals surface area contributed by atoms with Crippen LogP contribution in [-0.4, -0.2) is 36.4 Å². The van der Waals surface area contributed by atoms with Crippen molar-refractivity contribution in [2.75, 3.05) is 20.3 Å². The highest BCUT2D eigenvalue weighted by molar-refractivity contribution is 5.71. The molecule has 82 valence electrons. The third-order valence-corrected chi connectivity index (χ3v) is 2.30. The largest absolute Gasteiger partial charge is 0.469 e. The zero-order valence-corrected chi connectivity index (χ0v) is 8.43. The number of carbonyl (C=O) groups is 1. The lowest BCUT2D eigenvalue weighted by Crippen LogP contribution is -2.05. The number of ether oxygens (including phenoxy) is 2. The lowest BCUT2D eigenvalue weighted by Gasteiger charge is -1.97. The fourth-order valence-electron chi connectivity index (χ4n) is 1.44. The van der Waals surface area contributed by atoms with Crippen molar-refractivity contribution in [2.24, 2.45) is 0 Å². The van der Waals surface area contributed by atoms with Crippen molar-refractivity contribution in [3.63, 3.8) is 0 Å². The molecular formula is C9H12N2O4. The fourth-order valence-corrected chi connectivity index (χ4v) is 1.44. The first-order chi connectivity index (χ1) is 7.29. The molecule has 2 rings (SSSR count). The number of rotatable bonds is 3. The van der Waals surface area contributed by atoms with Crippen molar-refractivity contribution in [3.05, 3.63) is 11.7 Å². The maximum Gasteiger partial charge on any atom is 0.315 e. The molecule has 0 radical (unpaired) electrons. The van der Waals surface area contributed by atoms with Crippen LogP contribution in [0, 0.1) is 0 Å². The molecule has 0 spiro atoms. The molecule has 1 atom stereocenters. The molecule has 6 nitrogen and oxygen atoms in total. The van der Waals surface area contributed by atoms with Crippen LogP contribution in [0.4, 0.5) is 0 Å². The van der Waals surface area contributed by atoms with E-state index in [0.717, 1.165) is 13.0 Å². The molecule has 0 saturated carbocycles. The van der Waals surface area contributed by atoms with E-state index in [-0.39, 0.29) is 18.3 Å². The topological polar surface area (TPSA) is 74.5 Å². The maximum absolute atomic E-state index is 10.9. The van der Waals surface area contributed by atoms with Gasteiger partial charge in [0.15, 0.2) is 5.82 Å². The van der Waals surface area contributed by atoms with Crippen LogP contribution in [0.15, 0.2) is 4.52 Å². The van der Waals surface area contributed by atoms with Gasteiger partial charge in [0.25, 0.3) is 0 Å². The summed E-state index contributed by atoms with van der Waals surface area (Å²) in [5, 5.41) is 3.81. The van der Waals surface area contributed by atoms with Gasteiger partial charge in [-0.1, -0.05) is 5.16 Å². The van der Waals surface area contributed by atoms with E-state index >= 15 is 0 Å². The van der Waals surface area contributed by atoms with Crippen molar-refractivity contribution >= 4 is 5.97 Å². The molecule has 1 saturated heterocycles. The highest BCUT2D eigenvalue weighted by Gasteiger charge is 2.23. The first-order valence-electron chi connectivity index (χ1n) is 4.76. The zero-order chi connectivity index (χ0) is 10.7. The molecule has 0 aromatic carbocycles. The van der Waals surface area contributed by atoms with Gasteiger partial charge in [0.1, 0.15) is 6.42 Å². The first kappa shape index (κ1) is 10.1. The van der Waals surface area contributed by atoms with Crippen LogP contribution in [0.5, 0.6) is 0 Å². The molecule has 6 heteroatoms. The van der Waals surface area contributed by atoms with Gasteiger partial charge in [-0.15, -0.1) is 0 Å². The number of hydrogen-bond donors (Lipinski definition) is 0. The van der Waals surface area contributed by atoms with E-state index in [4.69, 9.17) is 9.26 Å². The predicted octanol–water partition coefficient (Wildman–Crippen LogP) is 0.289. The Bertz CT molecular complexity index is 344. The average Bonchev–Trinajstić information content (AvgIpc) is 2.85. The Balaban J connectivity index is 2.00. The third kappa shape index (κ3) is 2.33. The van der Waals surface area contributed by atoms with Gasteiger partial charge < -0.3 is 14.0 Å². The SMILES string of the molecule is COC(=O)Cc1nc(C2CCOC2)no1. The van der Waals surface area contributed by atoms with Gasteiger partial charge in [-0.2, -0.15) is 4.98 Å². The zero-order valence-electron chi connectivity index (χ0n) is 8.43. The minimum Gasteiger partial charge on any atom is -0.469 e. The molecule has 15 heavy (non-hydrogen) atoms. The number of aromatic nitrogens is 2. The van der Waals surface area contributed by atoms with E-state index in [2.05, 4.69) is 14.9 Å². The van der Waals surface area contributed by atoms with E-state index in [9.17, 15) is 4.79 Å². The maximum atomic E-state index is 10.9. The summed E-state index contributed by atoms with van der Waals surface area (Å²) in [6, 6.07) is 0. The summed E-state index contributed by atoms with van der Waals surface area (Å²) < 4.78 is 14.6. The summed E-state index contributed by atoms with van der Waals surface area (Å²) in [5.41, 5.74) is 0. The second-order valence-electron chi connectivity index (χ2n) is 3.36. The quantitative estimate of drug-likeness (QED) is 0.670. The van der Waals surface area contributed by atoms with E-state index < -0.39 is 0 Å². The van der Waals surface area contributed by atoms with Gasteiger partial charge in [-0.25, -0.2) is 0 Å². The molecule has 1 aromatic rings. The summed E-state index contributed by atoms with van der Waals surface area (Å²) in [7, 11) is 1.32. The van der Waals surface area contributed by atoms with Crippen LogP contribution in [0.3, 0.4) is 0 Å². The second-order valence-corrected chi connectivity index (χ2v) is 3.36. The summed E-state index contributed by atoms with van der Waals surface area (Å²) in [4.78, 5) is 15.1. The van der Waals surface area contributed by atoms with Gasteiger partial charge in [-0.05, 0) is 6.42 Å². The summed E-state index contributed by atoms with van der Waals surface area (Å²) in [6.07, 6.45) is 0.925. The van der Waals surface area contributed by atoms with Crippen LogP contribution >= 0.6 is 0 Å². The minimum atomic E-state index is -0.382. The lowest BCUT2D eigenvalue weighted by atomic mass is 10.1. The number of methoxy groups -OCH3 is 1. The normalized spacial score (nSPS) is 20.5. The van der Waals surface area contributed by atoms with Gasteiger partial charge in [-0.3, -0.25) is 4.79 Å². The number of esters is 1. The van der Waals surface area contributed by atoms with E-state index in [1.54, 1.807) is 0 Å². The standard InChI is InChI=1S/C9H12N2O4/c1-13-8(12)4-7-10-9(11-15-7)6-2-3-14-5-6/h6H,2-5H2,1H3. The molecule has 0 N–H and O–H groups in total. The molecule has 1 fully saturated rings. The third-order valence-electron chi connectivity index (χ3n) is 2.30. The molecular weight excluding hydrogens is 200 g/mol. The Morgan fingerprint density at radius 3 is 3.20 bits per heavy atom. The summed E-state index contributed by atoms with van der Waals surface area (Å²) in [6.45, 7) is 1.35. The lowest BCUT2D eigenvalue weighted by molar-refractivity contribution is -0.140. The molecule has 1 aliphatic rings. The Labute approximate surface area is 86.6 Å². The van der Waals surface area contributed by atoms with Gasteiger partial charge in [0.2, 0.25) is 5.89 Å². The predicted molar refractivity (Wildman–Crippen MR) is 48.2 cm³/mol. The van der Waals surface area contributed by atoms with Crippen molar-refractivity contribution in [3.8, 4) is 0 Å². The Morgan fingerprint density at radius 1 is 1.67 bits per heavy atom. The molecule has 1 aliphatic heterocycles. The molecule has 0 amide bonds. The number of carbonyl (C=O) groups excluding carboxylic acids is 1. The van der Waals surface area contributed by atoms with Crippen LogP contribution in [0.25, 0.3) is 0 Å². The van der Waals surface area contributed by atoms with Gasteiger partial charge in [0.05, 0.1) is 13.7 Å². The molecule has 0 bridgehead atoms. The van der Waals surface area contributed by atoms with E-state index in [0.29, 0.717) is 18.3 Å². The van der Waals surface area contributed by atoms with Crippen LogP contribution < -0.4 is 0 Å². The smallest absolute Gasteiger partial charge is 0.315 e. The van der Waals surface area contributed by atoms with Crippen molar-refractivity contribution < 1.29 is 18.8 Å². The Morgan fingerprint density at radius 2 is 2.53 bits per heavy atom. The molecule has 1 aromatic heterocycles. The molecule has 1 unspecified atom stereocenters. The Hall–Kier alpha value is -1.43. The van der Waals surface area contributed by atoms with Gasteiger partial charge in [0, 0.05) is 12.5 Å².